The molecule has 164 valence electrons. The number of benzene rings is 2. The van der Waals surface area contributed by atoms with E-state index in [9.17, 15) is 14.0 Å². The summed E-state index contributed by atoms with van der Waals surface area (Å²) in [4.78, 5) is 30.4. The lowest BCUT2D eigenvalue weighted by Gasteiger charge is -2.18. The van der Waals surface area contributed by atoms with Crippen LogP contribution in [0.3, 0.4) is 0 Å². The lowest BCUT2D eigenvalue weighted by molar-refractivity contribution is -0.127. The first kappa shape index (κ1) is 22.3. The second-order valence-electron chi connectivity index (χ2n) is 7.51. The lowest BCUT2D eigenvalue weighted by Crippen LogP contribution is -2.43. The molecule has 1 aliphatic rings. The summed E-state index contributed by atoms with van der Waals surface area (Å²) in [7, 11) is 1.62. The number of nitrogens with one attached hydrogen (secondary N) is 3. The molecular weight excluding hydrogens is 397 g/mol. The van der Waals surface area contributed by atoms with Crippen molar-refractivity contribution in [3.8, 4) is 0 Å². The Morgan fingerprint density at radius 3 is 2.58 bits per heavy atom. The molecule has 31 heavy (non-hydrogen) atoms. The van der Waals surface area contributed by atoms with E-state index in [2.05, 4.69) is 33.1 Å². The maximum atomic E-state index is 12.9. The predicted octanol–water partition coefficient (Wildman–Crippen LogP) is 2.02. The molecule has 0 aliphatic carbocycles. The number of anilines is 1. The number of rotatable bonds is 8. The molecule has 8 heteroatoms. The van der Waals surface area contributed by atoms with E-state index in [1.54, 1.807) is 7.05 Å². The zero-order valence-electron chi connectivity index (χ0n) is 17.6. The number of amides is 2. The van der Waals surface area contributed by atoms with Crippen LogP contribution in [0, 0.1) is 11.7 Å². The minimum atomic E-state index is -0.357. The first-order chi connectivity index (χ1) is 15.0. The normalized spacial score (nSPS) is 16.3. The molecule has 0 saturated carbocycles. The van der Waals surface area contributed by atoms with Gasteiger partial charge in [-0.1, -0.05) is 30.3 Å². The summed E-state index contributed by atoms with van der Waals surface area (Å²) in [5.41, 5.74) is 1.75. The van der Waals surface area contributed by atoms with Crippen molar-refractivity contribution >= 4 is 23.5 Å². The highest BCUT2D eigenvalue weighted by Gasteiger charge is 2.29. The van der Waals surface area contributed by atoms with Crippen LogP contribution in [0.15, 0.2) is 59.6 Å². The molecule has 1 saturated heterocycles. The fourth-order valence-corrected chi connectivity index (χ4v) is 3.48. The molecule has 0 bridgehead atoms. The van der Waals surface area contributed by atoms with Crippen LogP contribution in [0.25, 0.3) is 0 Å². The zero-order valence-corrected chi connectivity index (χ0v) is 17.6. The van der Waals surface area contributed by atoms with Gasteiger partial charge in [0.2, 0.25) is 11.8 Å². The molecule has 1 fully saturated rings. The van der Waals surface area contributed by atoms with Crippen molar-refractivity contribution in [2.75, 3.05) is 38.5 Å². The van der Waals surface area contributed by atoms with Crippen LogP contribution in [0.4, 0.5) is 10.1 Å². The van der Waals surface area contributed by atoms with Gasteiger partial charge < -0.3 is 20.9 Å². The Morgan fingerprint density at radius 2 is 1.87 bits per heavy atom. The Morgan fingerprint density at radius 1 is 1.13 bits per heavy atom. The van der Waals surface area contributed by atoms with Crippen molar-refractivity contribution in [3.05, 3.63) is 66.0 Å². The van der Waals surface area contributed by atoms with Crippen molar-refractivity contribution in [3.63, 3.8) is 0 Å². The third-order valence-electron chi connectivity index (χ3n) is 5.13. The SMILES string of the molecule is CN=C(NCC(=O)Nc1ccc(F)cc1)NCC1CC(=O)N(CCc2ccccc2)C1. The summed E-state index contributed by atoms with van der Waals surface area (Å²) in [6.45, 7) is 2.03. The molecule has 0 spiro atoms. The van der Waals surface area contributed by atoms with Crippen LogP contribution in [0.1, 0.15) is 12.0 Å². The average Bonchev–Trinajstić information content (AvgIpc) is 3.14. The van der Waals surface area contributed by atoms with E-state index in [1.165, 1.54) is 29.8 Å². The molecule has 1 unspecified atom stereocenters. The number of hydrogen-bond donors (Lipinski definition) is 3. The summed E-state index contributed by atoms with van der Waals surface area (Å²) in [5.74, 6) is 0.228. The van der Waals surface area contributed by atoms with Gasteiger partial charge in [-0.15, -0.1) is 0 Å². The van der Waals surface area contributed by atoms with E-state index in [0.717, 1.165) is 13.0 Å². The van der Waals surface area contributed by atoms with Gasteiger partial charge in [0, 0.05) is 44.7 Å². The van der Waals surface area contributed by atoms with Crippen LogP contribution in [-0.2, 0) is 16.0 Å². The standard InChI is InChI=1S/C23H28FN5O2/c1-25-23(27-15-21(30)28-20-9-7-19(24)8-10-20)26-14-18-13-22(31)29(16-18)12-11-17-5-3-2-4-6-17/h2-10,18H,11-16H2,1H3,(H,28,30)(H2,25,26,27). The van der Waals surface area contributed by atoms with E-state index in [-0.39, 0.29) is 30.1 Å². The minimum absolute atomic E-state index is 0.0177. The second kappa shape index (κ2) is 11.1. The monoisotopic (exact) mass is 425 g/mol. The smallest absolute Gasteiger partial charge is 0.243 e. The van der Waals surface area contributed by atoms with Gasteiger partial charge in [0.15, 0.2) is 5.96 Å². The first-order valence-electron chi connectivity index (χ1n) is 10.3. The Kier molecular flexibility index (Phi) is 7.98. The van der Waals surface area contributed by atoms with Gasteiger partial charge in [-0.2, -0.15) is 0 Å². The zero-order chi connectivity index (χ0) is 22.1. The fraction of sp³-hybridized carbons (Fsp3) is 0.348. The van der Waals surface area contributed by atoms with Gasteiger partial charge in [-0.05, 0) is 36.2 Å². The highest BCUT2D eigenvalue weighted by atomic mass is 19.1. The van der Waals surface area contributed by atoms with Gasteiger partial charge >= 0.3 is 0 Å². The largest absolute Gasteiger partial charge is 0.356 e. The molecule has 1 atom stereocenters. The molecule has 1 aliphatic heterocycles. The van der Waals surface area contributed by atoms with Crippen molar-refractivity contribution in [1.82, 2.24) is 15.5 Å². The topological polar surface area (TPSA) is 85.8 Å². The van der Waals surface area contributed by atoms with Gasteiger partial charge in [0.25, 0.3) is 0 Å². The lowest BCUT2D eigenvalue weighted by atomic mass is 10.1. The molecule has 2 aromatic carbocycles. The fourth-order valence-electron chi connectivity index (χ4n) is 3.48. The Hall–Kier alpha value is -3.42. The number of carbonyl (C=O) groups is 2. The van der Waals surface area contributed by atoms with Gasteiger partial charge in [-0.25, -0.2) is 4.39 Å². The van der Waals surface area contributed by atoms with Crippen LogP contribution in [-0.4, -0.2) is 55.9 Å². The van der Waals surface area contributed by atoms with Crippen LogP contribution < -0.4 is 16.0 Å². The Balaban J connectivity index is 1.37. The van der Waals surface area contributed by atoms with E-state index in [0.29, 0.717) is 31.2 Å². The Labute approximate surface area is 181 Å². The predicted molar refractivity (Wildman–Crippen MR) is 119 cm³/mol. The highest BCUT2D eigenvalue weighted by molar-refractivity contribution is 5.95. The van der Waals surface area contributed by atoms with Gasteiger partial charge in [0.1, 0.15) is 5.82 Å². The number of likely N-dealkylation sites (tertiary alicyclic amines) is 1. The summed E-state index contributed by atoms with van der Waals surface area (Å²) < 4.78 is 12.9. The van der Waals surface area contributed by atoms with E-state index < -0.39 is 0 Å². The highest BCUT2D eigenvalue weighted by Crippen LogP contribution is 2.17. The molecule has 1 heterocycles. The van der Waals surface area contributed by atoms with E-state index >= 15 is 0 Å². The summed E-state index contributed by atoms with van der Waals surface area (Å²) >= 11 is 0. The van der Waals surface area contributed by atoms with Crippen molar-refractivity contribution < 1.29 is 14.0 Å². The number of nitrogens with zero attached hydrogens (tertiary/aromatic N) is 2. The molecular formula is C23H28FN5O2. The second-order valence-corrected chi connectivity index (χ2v) is 7.51. The number of aliphatic imine (C=N–C) groups is 1. The van der Waals surface area contributed by atoms with Crippen LogP contribution >= 0.6 is 0 Å². The Bertz CT molecular complexity index is 902. The number of hydrogen-bond acceptors (Lipinski definition) is 3. The van der Waals surface area contributed by atoms with E-state index in [4.69, 9.17) is 0 Å². The van der Waals surface area contributed by atoms with Crippen molar-refractivity contribution in [2.24, 2.45) is 10.9 Å². The third-order valence-corrected chi connectivity index (χ3v) is 5.13. The average molecular weight is 426 g/mol. The molecule has 0 aromatic heterocycles. The maximum Gasteiger partial charge on any atom is 0.243 e. The van der Waals surface area contributed by atoms with Gasteiger partial charge in [-0.3, -0.25) is 14.6 Å². The first-order valence-corrected chi connectivity index (χ1v) is 10.3. The number of halogens is 1. The summed E-state index contributed by atoms with van der Waals surface area (Å²) in [6.07, 6.45) is 1.35. The third kappa shape index (κ3) is 7.09. The summed E-state index contributed by atoms with van der Waals surface area (Å²) in [5, 5.41) is 8.81. The molecule has 7 nitrogen and oxygen atoms in total. The van der Waals surface area contributed by atoms with Crippen LogP contribution in [0.2, 0.25) is 0 Å². The quantitative estimate of drug-likeness (QED) is 0.446. The molecule has 3 rings (SSSR count). The van der Waals surface area contributed by atoms with E-state index in [1.807, 2.05) is 23.1 Å². The molecule has 2 aromatic rings. The summed E-state index contributed by atoms with van der Waals surface area (Å²) in [6, 6.07) is 15.7. The van der Waals surface area contributed by atoms with Crippen molar-refractivity contribution in [2.45, 2.75) is 12.8 Å². The number of carbonyl (C=O) groups excluding carboxylic acids is 2. The molecule has 0 radical (unpaired) electrons. The van der Waals surface area contributed by atoms with Crippen LogP contribution in [0.5, 0.6) is 0 Å². The number of guanidine groups is 1. The maximum absolute atomic E-state index is 12.9. The molecule has 2 amide bonds. The van der Waals surface area contributed by atoms with Gasteiger partial charge in [0.05, 0.1) is 6.54 Å². The van der Waals surface area contributed by atoms with Crippen molar-refractivity contribution in [1.29, 1.82) is 0 Å². The minimum Gasteiger partial charge on any atom is -0.356 e. The molecule has 3 N–H and O–H groups in total.